The lowest BCUT2D eigenvalue weighted by Gasteiger charge is -2.03. The summed E-state index contributed by atoms with van der Waals surface area (Å²) in [5, 5.41) is 3.37. The average molecular weight is 225 g/mol. The summed E-state index contributed by atoms with van der Waals surface area (Å²) in [6.45, 7) is 10.7. The molecule has 0 radical (unpaired) electrons. The normalized spacial score (nSPS) is 11.3. The minimum atomic E-state index is 0.243. The summed E-state index contributed by atoms with van der Waals surface area (Å²) in [4.78, 5) is 0. The topological polar surface area (TPSA) is 34.4 Å². The van der Waals surface area contributed by atoms with Gasteiger partial charge in [-0.3, -0.25) is 0 Å². The molecule has 1 aromatic heterocycles. The second-order valence-corrected chi connectivity index (χ2v) is 4.33. The van der Waals surface area contributed by atoms with Gasteiger partial charge < -0.3 is 14.5 Å². The highest BCUT2D eigenvalue weighted by Crippen LogP contribution is 2.15. The van der Waals surface area contributed by atoms with Gasteiger partial charge in [0, 0.05) is 12.1 Å². The molecular weight excluding hydrogens is 202 g/mol. The lowest BCUT2D eigenvalue weighted by molar-refractivity contribution is 0.0541. The predicted molar refractivity (Wildman–Crippen MR) is 65.4 cm³/mol. The van der Waals surface area contributed by atoms with Gasteiger partial charge in [-0.2, -0.15) is 0 Å². The Morgan fingerprint density at radius 2 is 2.19 bits per heavy atom. The molecule has 3 nitrogen and oxygen atoms in total. The van der Waals surface area contributed by atoms with Gasteiger partial charge >= 0.3 is 0 Å². The number of nitrogens with one attached hydrogen (secondary N) is 1. The van der Waals surface area contributed by atoms with Crippen molar-refractivity contribution < 1.29 is 9.15 Å². The average Bonchev–Trinajstić information content (AvgIpc) is 2.57. The van der Waals surface area contributed by atoms with Crippen molar-refractivity contribution in [3.8, 4) is 0 Å². The molecule has 16 heavy (non-hydrogen) atoms. The van der Waals surface area contributed by atoms with E-state index in [2.05, 4.69) is 18.3 Å². The van der Waals surface area contributed by atoms with Crippen LogP contribution in [0.5, 0.6) is 0 Å². The molecule has 1 rings (SSSR count). The molecule has 0 saturated heterocycles. The van der Waals surface area contributed by atoms with E-state index < -0.39 is 0 Å². The van der Waals surface area contributed by atoms with Gasteiger partial charge in [-0.1, -0.05) is 6.92 Å². The van der Waals surface area contributed by atoms with Gasteiger partial charge in [0.1, 0.15) is 18.1 Å². The van der Waals surface area contributed by atoms with Crippen molar-refractivity contribution >= 4 is 0 Å². The second kappa shape index (κ2) is 6.71. The third kappa shape index (κ3) is 4.37. The molecule has 92 valence electrons. The van der Waals surface area contributed by atoms with Crippen molar-refractivity contribution in [2.45, 2.75) is 53.4 Å². The number of furan rings is 1. The van der Waals surface area contributed by atoms with E-state index >= 15 is 0 Å². The second-order valence-electron chi connectivity index (χ2n) is 4.33. The zero-order valence-electron chi connectivity index (χ0n) is 10.8. The molecule has 0 amide bonds. The zero-order valence-corrected chi connectivity index (χ0v) is 10.8. The molecule has 0 unspecified atom stereocenters. The Labute approximate surface area is 98.2 Å². The monoisotopic (exact) mass is 225 g/mol. The highest BCUT2D eigenvalue weighted by molar-refractivity contribution is 5.20. The molecule has 0 aliphatic carbocycles. The Bertz CT molecular complexity index is 305. The molecule has 0 spiro atoms. The summed E-state index contributed by atoms with van der Waals surface area (Å²) in [7, 11) is 0. The fourth-order valence-corrected chi connectivity index (χ4v) is 1.48. The van der Waals surface area contributed by atoms with Crippen LogP contribution >= 0.6 is 0 Å². The number of aryl methyl sites for hydroxylation is 1. The molecule has 0 aliphatic rings. The first kappa shape index (κ1) is 13.3. The van der Waals surface area contributed by atoms with E-state index in [0.29, 0.717) is 6.61 Å². The van der Waals surface area contributed by atoms with Crippen LogP contribution in [0.15, 0.2) is 10.5 Å². The van der Waals surface area contributed by atoms with Crippen LogP contribution in [-0.4, -0.2) is 12.6 Å². The van der Waals surface area contributed by atoms with Crippen molar-refractivity contribution in [3.05, 3.63) is 23.2 Å². The largest absolute Gasteiger partial charge is 0.464 e. The number of hydrogen-bond donors (Lipinski definition) is 1. The summed E-state index contributed by atoms with van der Waals surface area (Å²) in [5.41, 5.74) is 1.23. The highest BCUT2D eigenvalue weighted by Gasteiger charge is 2.07. The van der Waals surface area contributed by atoms with E-state index in [1.165, 1.54) is 5.56 Å². The Morgan fingerprint density at radius 1 is 1.44 bits per heavy atom. The fraction of sp³-hybridized carbons (Fsp3) is 0.692. The van der Waals surface area contributed by atoms with Crippen LogP contribution in [0, 0.1) is 6.92 Å². The summed E-state index contributed by atoms with van der Waals surface area (Å²) >= 11 is 0. The third-order valence-corrected chi connectivity index (χ3v) is 2.37. The van der Waals surface area contributed by atoms with Crippen molar-refractivity contribution in [2.75, 3.05) is 6.54 Å². The summed E-state index contributed by atoms with van der Waals surface area (Å²) in [5.74, 6) is 1.91. The minimum Gasteiger partial charge on any atom is -0.464 e. The van der Waals surface area contributed by atoms with Crippen LogP contribution < -0.4 is 5.32 Å². The maximum atomic E-state index is 5.63. The Hall–Kier alpha value is -0.800. The van der Waals surface area contributed by atoms with E-state index in [9.17, 15) is 0 Å². The maximum absolute atomic E-state index is 5.63. The predicted octanol–water partition coefficient (Wildman–Crippen LogP) is 3.01. The zero-order chi connectivity index (χ0) is 12.0. The molecule has 1 heterocycles. The maximum Gasteiger partial charge on any atom is 0.130 e. The van der Waals surface area contributed by atoms with Crippen molar-refractivity contribution in [2.24, 2.45) is 0 Å². The molecule has 0 aromatic carbocycles. The molecule has 1 N–H and O–H groups in total. The SMILES string of the molecule is CCCNCc1cc(COC(C)C)oc1C. The molecule has 3 heteroatoms. The van der Waals surface area contributed by atoms with Gasteiger partial charge in [-0.25, -0.2) is 0 Å². The molecule has 0 aliphatic heterocycles. The van der Waals surface area contributed by atoms with Gasteiger partial charge in [0.15, 0.2) is 0 Å². The first-order valence-corrected chi connectivity index (χ1v) is 6.04. The lowest BCUT2D eigenvalue weighted by atomic mass is 10.2. The minimum absolute atomic E-state index is 0.243. The third-order valence-electron chi connectivity index (χ3n) is 2.37. The van der Waals surface area contributed by atoms with Crippen molar-refractivity contribution in [1.82, 2.24) is 5.32 Å². The van der Waals surface area contributed by atoms with Crippen LogP contribution in [0.25, 0.3) is 0 Å². The quantitative estimate of drug-likeness (QED) is 0.724. The first-order chi connectivity index (χ1) is 7.63. The Balaban J connectivity index is 2.46. The van der Waals surface area contributed by atoms with E-state index in [4.69, 9.17) is 9.15 Å². The molecular formula is C13H23NO2. The molecule has 1 aromatic rings. The molecule has 0 bridgehead atoms. The van der Waals surface area contributed by atoms with Gasteiger partial charge in [0.2, 0.25) is 0 Å². The highest BCUT2D eigenvalue weighted by atomic mass is 16.5. The fourth-order valence-electron chi connectivity index (χ4n) is 1.48. The van der Waals surface area contributed by atoms with Gasteiger partial charge in [-0.05, 0) is 39.8 Å². The summed E-state index contributed by atoms with van der Waals surface area (Å²) in [6, 6.07) is 2.08. The molecule has 0 saturated carbocycles. The summed E-state index contributed by atoms with van der Waals surface area (Å²) < 4.78 is 11.1. The van der Waals surface area contributed by atoms with Crippen LogP contribution in [0.4, 0.5) is 0 Å². The molecule has 0 fully saturated rings. The first-order valence-electron chi connectivity index (χ1n) is 6.04. The van der Waals surface area contributed by atoms with Gasteiger partial charge in [0.25, 0.3) is 0 Å². The van der Waals surface area contributed by atoms with Crippen molar-refractivity contribution in [1.29, 1.82) is 0 Å². The van der Waals surface area contributed by atoms with E-state index in [-0.39, 0.29) is 6.10 Å². The smallest absolute Gasteiger partial charge is 0.130 e. The summed E-state index contributed by atoms with van der Waals surface area (Å²) in [6.07, 6.45) is 1.40. The van der Waals surface area contributed by atoms with E-state index in [1.54, 1.807) is 0 Å². The van der Waals surface area contributed by atoms with Crippen LogP contribution in [0.1, 0.15) is 44.3 Å². The number of rotatable bonds is 7. The lowest BCUT2D eigenvalue weighted by Crippen LogP contribution is -2.13. The Morgan fingerprint density at radius 3 is 2.81 bits per heavy atom. The standard InChI is InChI=1S/C13H23NO2/c1-5-6-14-8-12-7-13(16-11(12)4)9-15-10(2)3/h7,10,14H,5-6,8-9H2,1-4H3. The van der Waals surface area contributed by atoms with Crippen molar-refractivity contribution in [3.63, 3.8) is 0 Å². The van der Waals surface area contributed by atoms with Gasteiger partial charge in [0.05, 0.1) is 6.10 Å². The molecule has 0 atom stereocenters. The van der Waals surface area contributed by atoms with Crippen LogP contribution in [0.2, 0.25) is 0 Å². The van der Waals surface area contributed by atoms with E-state index in [1.807, 2.05) is 20.8 Å². The van der Waals surface area contributed by atoms with Crippen LogP contribution in [0.3, 0.4) is 0 Å². The number of hydrogen-bond acceptors (Lipinski definition) is 3. The number of ether oxygens (including phenoxy) is 1. The van der Waals surface area contributed by atoms with Crippen LogP contribution in [-0.2, 0) is 17.9 Å². The van der Waals surface area contributed by atoms with Gasteiger partial charge in [-0.15, -0.1) is 0 Å². The Kier molecular flexibility index (Phi) is 5.56. The van der Waals surface area contributed by atoms with E-state index in [0.717, 1.165) is 31.0 Å².